The molecule has 0 radical (unpaired) electrons. The third-order valence-corrected chi connectivity index (χ3v) is 7.08. The molecule has 2 rings (SSSR count). The van der Waals surface area contributed by atoms with E-state index in [-0.39, 0.29) is 4.90 Å². The van der Waals surface area contributed by atoms with E-state index in [2.05, 4.69) is 0 Å². The second-order valence-electron chi connectivity index (χ2n) is 4.35. The molecule has 2 aromatic carbocycles. The Hall–Kier alpha value is -1.20. The van der Waals surface area contributed by atoms with Crippen LogP contribution in [0.25, 0.3) is 0 Å². The molecule has 2 aromatic rings. The highest BCUT2D eigenvalue weighted by Gasteiger charge is 2.22. The summed E-state index contributed by atoms with van der Waals surface area (Å²) >= 11 is 5.51. The quantitative estimate of drug-likeness (QED) is 0.782. The first kappa shape index (κ1) is 16.2. The van der Waals surface area contributed by atoms with Crippen molar-refractivity contribution in [1.82, 2.24) is 0 Å². The molecule has 0 fully saturated rings. The van der Waals surface area contributed by atoms with Crippen molar-refractivity contribution < 1.29 is 17.5 Å². The summed E-state index contributed by atoms with van der Waals surface area (Å²) in [6, 6.07) is 15.5. The van der Waals surface area contributed by atoms with Crippen molar-refractivity contribution in [3.63, 3.8) is 0 Å². The minimum absolute atomic E-state index is 0.236. The minimum Gasteiger partial charge on any atom is -0.440 e. The molecule has 0 bridgehead atoms. The summed E-state index contributed by atoms with van der Waals surface area (Å²) in [5, 5.41) is 0.801. The van der Waals surface area contributed by atoms with E-state index in [9.17, 15) is 8.42 Å². The van der Waals surface area contributed by atoms with E-state index < -0.39 is 16.3 Å². The molecular formula is C14H15O4PS2. The lowest BCUT2D eigenvalue weighted by atomic mass is 10.3. The molecule has 4 nitrogen and oxygen atoms in total. The molecule has 0 aromatic heterocycles. The Morgan fingerprint density at radius 2 is 1.57 bits per heavy atom. The van der Waals surface area contributed by atoms with Gasteiger partial charge in [0, 0.05) is 18.7 Å². The van der Waals surface area contributed by atoms with E-state index in [0.29, 0.717) is 5.75 Å². The molecule has 0 spiro atoms. The van der Waals surface area contributed by atoms with Crippen LogP contribution >= 0.6 is 6.49 Å². The zero-order valence-electron chi connectivity index (χ0n) is 11.6. The van der Waals surface area contributed by atoms with E-state index in [0.717, 1.165) is 11.6 Å². The summed E-state index contributed by atoms with van der Waals surface area (Å²) in [5.74, 6) is 0.483. The van der Waals surface area contributed by atoms with Crippen molar-refractivity contribution >= 4 is 33.4 Å². The van der Waals surface area contributed by atoms with Gasteiger partial charge in [-0.3, -0.25) is 0 Å². The maximum atomic E-state index is 11.4. The van der Waals surface area contributed by atoms with Crippen LogP contribution in [0.3, 0.4) is 0 Å². The smallest absolute Gasteiger partial charge is 0.268 e. The molecule has 0 heterocycles. The van der Waals surface area contributed by atoms with Crippen LogP contribution in [0.5, 0.6) is 5.75 Å². The third-order valence-electron chi connectivity index (χ3n) is 2.79. The normalized spacial score (nSPS) is 14.4. The van der Waals surface area contributed by atoms with Crippen molar-refractivity contribution in [3.05, 3.63) is 54.6 Å². The maximum absolute atomic E-state index is 11.4. The van der Waals surface area contributed by atoms with Crippen LogP contribution in [-0.4, -0.2) is 21.8 Å². The Balaban J connectivity index is 2.30. The number of hydrogen-bond acceptors (Lipinski definition) is 5. The van der Waals surface area contributed by atoms with Crippen molar-refractivity contribution in [2.24, 2.45) is 0 Å². The van der Waals surface area contributed by atoms with E-state index in [1.165, 1.54) is 19.2 Å². The van der Waals surface area contributed by atoms with Gasteiger partial charge in [0.2, 0.25) is 0 Å². The fraction of sp³-hybridized carbons (Fsp3) is 0.143. The number of benzene rings is 2. The Morgan fingerprint density at radius 3 is 2.05 bits per heavy atom. The van der Waals surface area contributed by atoms with E-state index >= 15 is 0 Å². The molecule has 0 saturated heterocycles. The average molecular weight is 342 g/mol. The van der Waals surface area contributed by atoms with Gasteiger partial charge in [0.1, 0.15) is 5.75 Å². The lowest BCUT2D eigenvalue weighted by Gasteiger charge is -2.21. The number of hydrogen-bond donors (Lipinski definition) is 0. The third kappa shape index (κ3) is 3.92. The van der Waals surface area contributed by atoms with Crippen molar-refractivity contribution in [3.8, 4) is 5.75 Å². The van der Waals surface area contributed by atoms with Gasteiger partial charge in [0.15, 0.2) is 9.84 Å². The molecular weight excluding hydrogens is 327 g/mol. The van der Waals surface area contributed by atoms with Crippen LogP contribution in [0.15, 0.2) is 59.5 Å². The first-order chi connectivity index (χ1) is 9.85. The second-order valence-corrected chi connectivity index (χ2v) is 9.87. The highest BCUT2D eigenvalue weighted by molar-refractivity contribution is 8.13. The fourth-order valence-electron chi connectivity index (χ4n) is 1.69. The summed E-state index contributed by atoms with van der Waals surface area (Å²) in [4.78, 5) is 0.236. The van der Waals surface area contributed by atoms with Crippen molar-refractivity contribution in [2.45, 2.75) is 4.90 Å². The first-order valence-corrected chi connectivity index (χ1v) is 10.6. The monoisotopic (exact) mass is 342 g/mol. The van der Waals surface area contributed by atoms with Crippen molar-refractivity contribution in [2.75, 3.05) is 13.4 Å². The van der Waals surface area contributed by atoms with Gasteiger partial charge in [-0.1, -0.05) is 18.2 Å². The van der Waals surface area contributed by atoms with Gasteiger partial charge in [-0.25, -0.2) is 8.42 Å². The Bertz CT molecular complexity index is 755. The van der Waals surface area contributed by atoms with Crippen LogP contribution in [-0.2, 0) is 26.2 Å². The van der Waals surface area contributed by atoms with Crippen molar-refractivity contribution in [1.29, 1.82) is 0 Å². The molecule has 1 unspecified atom stereocenters. The lowest BCUT2D eigenvalue weighted by molar-refractivity contribution is 0.402. The molecule has 0 amide bonds. The largest absolute Gasteiger partial charge is 0.440 e. The van der Waals surface area contributed by atoms with Gasteiger partial charge in [-0.2, -0.15) is 0 Å². The van der Waals surface area contributed by atoms with Crippen LogP contribution in [0.1, 0.15) is 0 Å². The summed E-state index contributed by atoms with van der Waals surface area (Å²) in [6.07, 6.45) is 1.16. The van der Waals surface area contributed by atoms with Crippen LogP contribution in [0.4, 0.5) is 0 Å². The lowest BCUT2D eigenvalue weighted by Crippen LogP contribution is -2.10. The molecule has 0 aliphatic heterocycles. The summed E-state index contributed by atoms with van der Waals surface area (Å²) in [5.41, 5.74) is 0. The predicted molar refractivity (Wildman–Crippen MR) is 87.5 cm³/mol. The van der Waals surface area contributed by atoms with Gasteiger partial charge in [-0.15, -0.1) is 0 Å². The topological polar surface area (TPSA) is 52.6 Å². The zero-order valence-corrected chi connectivity index (χ0v) is 14.1. The summed E-state index contributed by atoms with van der Waals surface area (Å²) in [7, 11) is -1.71. The van der Waals surface area contributed by atoms with Gasteiger partial charge < -0.3 is 9.05 Å². The van der Waals surface area contributed by atoms with Gasteiger partial charge in [-0.05, 0) is 48.2 Å². The maximum Gasteiger partial charge on any atom is 0.268 e. The number of rotatable bonds is 5. The Kier molecular flexibility index (Phi) is 4.84. The molecule has 0 aliphatic carbocycles. The van der Waals surface area contributed by atoms with Crippen LogP contribution in [0, 0.1) is 0 Å². The van der Waals surface area contributed by atoms with Gasteiger partial charge >= 0.3 is 0 Å². The van der Waals surface area contributed by atoms with Crippen LogP contribution < -0.4 is 9.83 Å². The molecule has 21 heavy (non-hydrogen) atoms. The minimum atomic E-state index is -3.22. The standard InChI is InChI=1S/C14H15O4PS2/c1-17-19(20,13-6-4-3-5-7-13)18-12-8-10-14(11-9-12)21(2,15)16/h3-11H,1-2H3. The van der Waals surface area contributed by atoms with E-state index in [4.69, 9.17) is 20.9 Å². The SMILES string of the molecule is COP(=S)(Oc1ccc(S(C)(=O)=O)cc1)c1ccccc1. The molecule has 0 N–H and O–H groups in total. The Morgan fingerprint density at radius 1 is 1.00 bits per heavy atom. The predicted octanol–water partition coefficient (Wildman–Crippen LogP) is 2.75. The highest BCUT2D eigenvalue weighted by atomic mass is 32.5. The second kappa shape index (κ2) is 6.28. The fourth-order valence-corrected chi connectivity index (χ4v) is 4.27. The Labute approximate surface area is 129 Å². The van der Waals surface area contributed by atoms with Gasteiger partial charge in [0.05, 0.1) is 4.90 Å². The highest BCUT2D eigenvalue weighted by Crippen LogP contribution is 2.46. The molecule has 112 valence electrons. The van der Waals surface area contributed by atoms with E-state index in [1.54, 1.807) is 12.1 Å². The molecule has 0 aliphatic rings. The number of sulfone groups is 1. The average Bonchev–Trinajstić information content (AvgIpc) is 2.47. The summed E-state index contributed by atoms with van der Waals surface area (Å²) < 4.78 is 34.1. The zero-order chi connectivity index (χ0) is 15.5. The molecule has 0 saturated carbocycles. The van der Waals surface area contributed by atoms with Crippen LogP contribution in [0.2, 0.25) is 0 Å². The first-order valence-electron chi connectivity index (χ1n) is 6.06. The molecule has 1 atom stereocenters. The summed E-state index contributed by atoms with van der Waals surface area (Å²) in [6.45, 7) is -2.65. The van der Waals surface area contributed by atoms with Gasteiger partial charge in [0.25, 0.3) is 6.49 Å². The van der Waals surface area contributed by atoms with E-state index in [1.807, 2.05) is 30.3 Å². The molecule has 7 heteroatoms.